The second-order valence-corrected chi connectivity index (χ2v) is 7.32. The average molecular weight is 416 g/mol. The zero-order chi connectivity index (χ0) is 22.4. The summed E-state index contributed by atoms with van der Waals surface area (Å²) in [5.74, 6) is -1.29. The maximum Gasteiger partial charge on any atom is 0.339 e. The zero-order valence-corrected chi connectivity index (χ0v) is 17.6. The summed E-state index contributed by atoms with van der Waals surface area (Å²) in [5, 5.41) is 5.48. The first kappa shape index (κ1) is 21.8. The highest BCUT2D eigenvalue weighted by Crippen LogP contribution is 2.23. The van der Waals surface area contributed by atoms with Gasteiger partial charge in [-0.2, -0.15) is 0 Å². The van der Waals surface area contributed by atoms with Crippen LogP contribution >= 0.6 is 0 Å². The molecule has 0 fully saturated rings. The molecule has 0 saturated carbocycles. The number of carbonyl (C=O) groups excluding carboxylic acids is 3. The van der Waals surface area contributed by atoms with Gasteiger partial charge in [0, 0.05) is 23.9 Å². The summed E-state index contributed by atoms with van der Waals surface area (Å²) < 4.78 is 5.60. The molecule has 0 heterocycles. The quantitative estimate of drug-likeness (QED) is 0.566. The summed E-state index contributed by atoms with van der Waals surface area (Å²) in [6.45, 7) is 5.30. The second-order valence-electron chi connectivity index (χ2n) is 7.32. The molecule has 0 spiro atoms. The fourth-order valence-corrected chi connectivity index (χ4v) is 3.22. The predicted molar refractivity (Wildman–Crippen MR) is 120 cm³/mol. The van der Waals surface area contributed by atoms with Crippen LogP contribution in [-0.4, -0.2) is 17.8 Å². The summed E-state index contributed by atoms with van der Waals surface area (Å²) in [6, 6.07) is 20.9. The Bertz CT molecular complexity index is 1070. The van der Waals surface area contributed by atoms with Gasteiger partial charge in [0.25, 0.3) is 5.91 Å². The van der Waals surface area contributed by atoms with E-state index in [0.29, 0.717) is 16.9 Å². The highest BCUT2D eigenvalue weighted by Gasteiger charge is 2.26. The van der Waals surface area contributed by atoms with E-state index < -0.39 is 18.0 Å². The molecule has 0 aliphatic carbocycles. The second kappa shape index (κ2) is 9.71. The Morgan fingerprint density at radius 3 is 1.97 bits per heavy atom. The predicted octanol–water partition coefficient (Wildman–Crippen LogP) is 4.80. The van der Waals surface area contributed by atoms with Gasteiger partial charge in [-0.1, -0.05) is 36.4 Å². The Morgan fingerprint density at radius 2 is 1.39 bits per heavy atom. The topological polar surface area (TPSA) is 84.5 Å². The van der Waals surface area contributed by atoms with Crippen molar-refractivity contribution in [1.29, 1.82) is 0 Å². The Morgan fingerprint density at radius 1 is 0.774 bits per heavy atom. The number of amides is 2. The van der Waals surface area contributed by atoms with Crippen LogP contribution in [0.2, 0.25) is 0 Å². The third kappa shape index (κ3) is 6.02. The number of nitrogens with one attached hydrogen (secondary N) is 2. The number of hydrogen-bond donors (Lipinski definition) is 2. The molecule has 3 aromatic carbocycles. The van der Waals surface area contributed by atoms with Gasteiger partial charge in [0.1, 0.15) is 0 Å². The molecule has 0 aliphatic heterocycles. The highest BCUT2D eigenvalue weighted by atomic mass is 16.5. The third-order valence-corrected chi connectivity index (χ3v) is 4.50. The average Bonchev–Trinajstić information content (AvgIpc) is 2.71. The van der Waals surface area contributed by atoms with Crippen LogP contribution in [0.3, 0.4) is 0 Å². The summed E-state index contributed by atoms with van der Waals surface area (Å²) >= 11 is 0. The van der Waals surface area contributed by atoms with Gasteiger partial charge >= 0.3 is 5.97 Å². The summed E-state index contributed by atoms with van der Waals surface area (Å²) in [7, 11) is 0. The SMILES string of the molecule is CC(=O)Nc1ccc(C(=O)O[C@H](C(=O)Nc2cc(C)cc(C)c2)c2ccccc2)cc1. The molecule has 0 radical (unpaired) electrons. The fourth-order valence-electron chi connectivity index (χ4n) is 3.22. The molecule has 2 amide bonds. The molecule has 31 heavy (non-hydrogen) atoms. The lowest BCUT2D eigenvalue weighted by Crippen LogP contribution is -2.26. The molecule has 2 N–H and O–H groups in total. The van der Waals surface area contributed by atoms with E-state index in [-0.39, 0.29) is 11.5 Å². The van der Waals surface area contributed by atoms with Crippen molar-refractivity contribution in [3.63, 3.8) is 0 Å². The molecule has 0 bridgehead atoms. The molecule has 6 heteroatoms. The summed E-state index contributed by atoms with van der Waals surface area (Å²) in [4.78, 5) is 36.9. The Balaban J connectivity index is 1.81. The summed E-state index contributed by atoms with van der Waals surface area (Å²) in [5.41, 5.74) is 4.07. The van der Waals surface area contributed by atoms with Gasteiger partial charge in [-0.3, -0.25) is 9.59 Å². The van der Waals surface area contributed by atoms with E-state index in [1.807, 2.05) is 38.1 Å². The zero-order valence-electron chi connectivity index (χ0n) is 17.6. The van der Waals surface area contributed by atoms with Crippen LogP contribution in [0.25, 0.3) is 0 Å². The van der Waals surface area contributed by atoms with Crippen LogP contribution in [0.4, 0.5) is 11.4 Å². The highest BCUT2D eigenvalue weighted by molar-refractivity contribution is 5.98. The minimum atomic E-state index is -1.12. The summed E-state index contributed by atoms with van der Waals surface area (Å²) in [6.07, 6.45) is -1.12. The van der Waals surface area contributed by atoms with E-state index in [2.05, 4.69) is 10.6 Å². The lowest BCUT2D eigenvalue weighted by molar-refractivity contribution is -0.125. The number of benzene rings is 3. The molecule has 0 aromatic heterocycles. The number of aryl methyl sites for hydroxylation is 2. The molecule has 158 valence electrons. The van der Waals surface area contributed by atoms with Crippen molar-refractivity contribution >= 4 is 29.2 Å². The van der Waals surface area contributed by atoms with Gasteiger partial charge in [0.15, 0.2) is 0 Å². The Hall–Kier alpha value is -3.93. The lowest BCUT2D eigenvalue weighted by atomic mass is 10.1. The van der Waals surface area contributed by atoms with E-state index in [9.17, 15) is 14.4 Å². The van der Waals surface area contributed by atoms with Crippen LogP contribution in [0.5, 0.6) is 0 Å². The number of esters is 1. The van der Waals surface area contributed by atoms with Crippen LogP contribution in [-0.2, 0) is 14.3 Å². The third-order valence-electron chi connectivity index (χ3n) is 4.50. The number of ether oxygens (including phenoxy) is 1. The number of rotatable bonds is 6. The molecule has 0 saturated heterocycles. The maximum absolute atomic E-state index is 13.0. The van der Waals surface area contributed by atoms with Crippen molar-refractivity contribution in [1.82, 2.24) is 0 Å². The smallest absolute Gasteiger partial charge is 0.339 e. The normalized spacial score (nSPS) is 11.3. The van der Waals surface area contributed by atoms with E-state index in [4.69, 9.17) is 4.74 Å². The molecule has 0 unspecified atom stereocenters. The van der Waals surface area contributed by atoms with E-state index in [1.54, 1.807) is 36.4 Å². The van der Waals surface area contributed by atoms with Crippen molar-refractivity contribution in [2.75, 3.05) is 10.6 Å². The van der Waals surface area contributed by atoms with Crippen LogP contribution in [0, 0.1) is 13.8 Å². The van der Waals surface area contributed by atoms with Crippen molar-refractivity contribution < 1.29 is 19.1 Å². The van der Waals surface area contributed by atoms with Gasteiger partial charge in [-0.15, -0.1) is 0 Å². The van der Waals surface area contributed by atoms with Crippen molar-refractivity contribution in [2.24, 2.45) is 0 Å². The van der Waals surface area contributed by atoms with Crippen molar-refractivity contribution in [2.45, 2.75) is 26.9 Å². The molecule has 3 rings (SSSR count). The monoisotopic (exact) mass is 416 g/mol. The Kier molecular flexibility index (Phi) is 6.82. The van der Waals surface area contributed by atoms with E-state index in [0.717, 1.165) is 11.1 Å². The minimum absolute atomic E-state index is 0.206. The first-order valence-electron chi connectivity index (χ1n) is 9.84. The Labute approximate surface area is 181 Å². The molecular formula is C25H24N2O4. The first-order valence-corrected chi connectivity index (χ1v) is 9.84. The first-order chi connectivity index (χ1) is 14.8. The van der Waals surface area contributed by atoms with E-state index in [1.165, 1.54) is 19.1 Å². The van der Waals surface area contributed by atoms with Gasteiger partial charge in [-0.25, -0.2) is 4.79 Å². The van der Waals surface area contributed by atoms with Gasteiger partial charge < -0.3 is 15.4 Å². The lowest BCUT2D eigenvalue weighted by Gasteiger charge is -2.18. The largest absolute Gasteiger partial charge is 0.444 e. The van der Waals surface area contributed by atoms with Crippen molar-refractivity contribution in [3.8, 4) is 0 Å². The number of anilines is 2. The van der Waals surface area contributed by atoms with Gasteiger partial charge in [0.2, 0.25) is 12.0 Å². The van der Waals surface area contributed by atoms with Gasteiger partial charge in [0.05, 0.1) is 5.56 Å². The minimum Gasteiger partial charge on any atom is -0.444 e. The molecule has 6 nitrogen and oxygen atoms in total. The van der Waals surface area contributed by atoms with Crippen LogP contribution in [0.1, 0.15) is 40.1 Å². The number of carbonyl (C=O) groups is 3. The maximum atomic E-state index is 13.0. The molecule has 3 aromatic rings. The molecule has 0 aliphatic rings. The number of hydrogen-bond acceptors (Lipinski definition) is 4. The van der Waals surface area contributed by atoms with E-state index >= 15 is 0 Å². The fraction of sp³-hybridized carbons (Fsp3) is 0.160. The van der Waals surface area contributed by atoms with Crippen LogP contribution in [0.15, 0.2) is 72.8 Å². The van der Waals surface area contributed by atoms with Crippen molar-refractivity contribution in [3.05, 3.63) is 95.1 Å². The van der Waals surface area contributed by atoms with Crippen LogP contribution < -0.4 is 10.6 Å². The standard InChI is InChI=1S/C25H24N2O4/c1-16-13-17(2)15-22(14-16)27-24(29)23(19-7-5-4-6-8-19)31-25(30)20-9-11-21(12-10-20)26-18(3)28/h4-15,23H,1-3H3,(H,26,28)(H,27,29)/t23-/m0/s1. The van der Waals surface area contributed by atoms with Gasteiger partial charge in [-0.05, 0) is 61.4 Å². The molecule has 1 atom stereocenters. The molecular weight excluding hydrogens is 392 g/mol.